The first-order valence-electron chi connectivity index (χ1n) is 6.32. The molecule has 0 radical (unpaired) electrons. The van der Waals surface area contributed by atoms with Crippen molar-refractivity contribution in [1.29, 1.82) is 5.26 Å². The van der Waals surface area contributed by atoms with Crippen LogP contribution < -0.4 is 5.32 Å². The summed E-state index contributed by atoms with van der Waals surface area (Å²) in [4.78, 5) is 16.3. The third kappa shape index (κ3) is 3.29. The molecule has 0 unspecified atom stereocenters. The number of rotatable bonds is 5. The number of para-hydroxylation sites is 1. The lowest BCUT2D eigenvalue weighted by molar-refractivity contribution is 0.0954. The van der Waals surface area contributed by atoms with Crippen molar-refractivity contribution in [3.05, 3.63) is 42.1 Å². The second-order valence-corrected chi connectivity index (χ2v) is 4.25. The number of carbonyl (C=O) groups is 1. The summed E-state index contributed by atoms with van der Waals surface area (Å²) in [5.74, 6) is -0.110. The Hall–Kier alpha value is -2.41. The van der Waals surface area contributed by atoms with E-state index in [1.54, 1.807) is 12.3 Å². The van der Waals surface area contributed by atoms with Crippen LogP contribution in [0.1, 0.15) is 29.6 Å². The van der Waals surface area contributed by atoms with Gasteiger partial charge in [0.1, 0.15) is 0 Å². The molecule has 0 aliphatic rings. The van der Waals surface area contributed by atoms with E-state index >= 15 is 0 Å². The molecule has 0 spiro atoms. The van der Waals surface area contributed by atoms with Gasteiger partial charge in [0.05, 0.1) is 17.1 Å². The Balaban J connectivity index is 2.03. The van der Waals surface area contributed by atoms with Crippen LogP contribution in [0.3, 0.4) is 0 Å². The Bertz CT molecular complexity index is 611. The Labute approximate surface area is 112 Å². The molecule has 0 saturated heterocycles. The molecule has 1 aromatic carbocycles. The van der Waals surface area contributed by atoms with Gasteiger partial charge in [-0.3, -0.25) is 9.78 Å². The van der Waals surface area contributed by atoms with Crippen LogP contribution in [0.2, 0.25) is 0 Å². The zero-order valence-corrected chi connectivity index (χ0v) is 10.6. The molecule has 4 nitrogen and oxygen atoms in total. The first-order valence-corrected chi connectivity index (χ1v) is 6.32. The van der Waals surface area contributed by atoms with E-state index in [1.807, 2.05) is 24.3 Å². The summed E-state index contributed by atoms with van der Waals surface area (Å²) in [5.41, 5.74) is 1.32. The van der Waals surface area contributed by atoms with Gasteiger partial charge in [-0.2, -0.15) is 5.26 Å². The number of hydrogen-bond donors (Lipinski definition) is 1. The average Bonchev–Trinajstić information content (AvgIpc) is 2.46. The van der Waals surface area contributed by atoms with Crippen molar-refractivity contribution >= 4 is 16.8 Å². The molecule has 96 valence electrons. The molecule has 0 aliphatic heterocycles. The van der Waals surface area contributed by atoms with Gasteiger partial charge in [-0.05, 0) is 25.0 Å². The average molecular weight is 253 g/mol. The van der Waals surface area contributed by atoms with Crippen LogP contribution in [0.4, 0.5) is 0 Å². The van der Waals surface area contributed by atoms with Crippen molar-refractivity contribution in [1.82, 2.24) is 10.3 Å². The molecule has 0 fully saturated rings. The monoisotopic (exact) mass is 253 g/mol. The summed E-state index contributed by atoms with van der Waals surface area (Å²) in [6.07, 6.45) is 3.85. The van der Waals surface area contributed by atoms with Gasteiger partial charge >= 0.3 is 0 Å². The first-order chi connectivity index (χ1) is 9.33. The van der Waals surface area contributed by atoms with E-state index in [2.05, 4.69) is 16.4 Å². The minimum absolute atomic E-state index is 0.110. The number of benzene rings is 1. The Kier molecular flexibility index (Phi) is 4.46. The highest BCUT2D eigenvalue weighted by atomic mass is 16.1. The van der Waals surface area contributed by atoms with E-state index < -0.39 is 0 Å². The van der Waals surface area contributed by atoms with E-state index in [0.717, 1.165) is 23.7 Å². The Morgan fingerprint density at radius 3 is 2.95 bits per heavy atom. The van der Waals surface area contributed by atoms with E-state index in [4.69, 9.17) is 5.26 Å². The van der Waals surface area contributed by atoms with Crippen molar-refractivity contribution < 1.29 is 4.79 Å². The summed E-state index contributed by atoms with van der Waals surface area (Å²) < 4.78 is 0. The molecule has 1 heterocycles. The molecule has 0 saturated carbocycles. The molecule has 0 aliphatic carbocycles. The third-order valence-electron chi connectivity index (χ3n) is 2.88. The van der Waals surface area contributed by atoms with Crippen molar-refractivity contribution in [2.45, 2.75) is 19.3 Å². The fourth-order valence-electron chi connectivity index (χ4n) is 1.91. The number of unbranched alkanes of at least 4 members (excludes halogenated alkanes) is 2. The summed E-state index contributed by atoms with van der Waals surface area (Å²) >= 11 is 0. The van der Waals surface area contributed by atoms with Crippen LogP contribution in [0.25, 0.3) is 10.9 Å². The zero-order chi connectivity index (χ0) is 13.5. The topological polar surface area (TPSA) is 65.8 Å². The van der Waals surface area contributed by atoms with Crippen LogP contribution in [-0.2, 0) is 0 Å². The first kappa shape index (κ1) is 13.0. The molecule has 4 heteroatoms. The number of carbonyl (C=O) groups excluding carboxylic acids is 1. The van der Waals surface area contributed by atoms with Gasteiger partial charge in [0, 0.05) is 24.5 Å². The summed E-state index contributed by atoms with van der Waals surface area (Å²) in [5, 5.41) is 12.2. The van der Waals surface area contributed by atoms with E-state index in [0.29, 0.717) is 18.5 Å². The second-order valence-electron chi connectivity index (χ2n) is 4.25. The lowest BCUT2D eigenvalue weighted by atomic mass is 10.1. The number of nitrogens with one attached hydrogen (secondary N) is 1. The number of hydrogen-bond acceptors (Lipinski definition) is 3. The van der Waals surface area contributed by atoms with Gasteiger partial charge in [0.2, 0.25) is 0 Å². The molecule has 1 amide bonds. The van der Waals surface area contributed by atoms with Crippen LogP contribution >= 0.6 is 0 Å². The quantitative estimate of drug-likeness (QED) is 0.833. The molecule has 0 bridgehead atoms. The minimum atomic E-state index is -0.110. The fourth-order valence-corrected chi connectivity index (χ4v) is 1.91. The fraction of sp³-hybridized carbons (Fsp3) is 0.267. The Morgan fingerprint density at radius 1 is 1.26 bits per heavy atom. The maximum atomic E-state index is 12.1. The van der Waals surface area contributed by atoms with Crippen LogP contribution in [0.15, 0.2) is 36.5 Å². The molecular formula is C15H15N3O. The standard InChI is InChI=1S/C15H15N3O/c16-9-2-1-3-10-18-15(19)13-8-4-6-12-7-5-11-17-14(12)13/h4-8,11H,1-3,10H2,(H,18,19). The highest BCUT2D eigenvalue weighted by Gasteiger charge is 2.09. The number of nitrogens with zero attached hydrogens (tertiary/aromatic N) is 2. The third-order valence-corrected chi connectivity index (χ3v) is 2.88. The van der Waals surface area contributed by atoms with Crippen molar-refractivity contribution in [3.8, 4) is 6.07 Å². The van der Waals surface area contributed by atoms with Crippen LogP contribution in [0.5, 0.6) is 0 Å². The highest BCUT2D eigenvalue weighted by molar-refractivity contribution is 6.05. The van der Waals surface area contributed by atoms with Gasteiger partial charge in [-0.15, -0.1) is 0 Å². The maximum Gasteiger partial charge on any atom is 0.253 e. The van der Waals surface area contributed by atoms with Gasteiger partial charge < -0.3 is 5.32 Å². The van der Waals surface area contributed by atoms with Gasteiger partial charge in [-0.1, -0.05) is 18.2 Å². The largest absolute Gasteiger partial charge is 0.352 e. The van der Waals surface area contributed by atoms with Crippen LogP contribution in [-0.4, -0.2) is 17.4 Å². The predicted octanol–water partition coefficient (Wildman–Crippen LogP) is 2.66. The smallest absolute Gasteiger partial charge is 0.253 e. The van der Waals surface area contributed by atoms with E-state index in [9.17, 15) is 4.79 Å². The maximum absolute atomic E-state index is 12.1. The number of pyridine rings is 1. The SMILES string of the molecule is N#CCCCCNC(=O)c1cccc2cccnc12. The van der Waals surface area contributed by atoms with E-state index in [1.165, 1.54) is 0 Å². The number of nitriles is 1. The van der Waals surface area contributed by atoms with Crippen molar-refractivity contribution in [3.63, 3.8) is 0 Å². The molecular weight excluding hydrogens is 238 g/mol. The van der Waals surface area contributed by atoms with Gasteiger partial charge in [-0.25, -0.2) is 0 Å². The number of aromatic nitrogens is 1. The summed E-state index contributed by atoms with van der Waals surface area (Å²) in [6.45, 7) is 0.587. The lowest BCUT2D eigenvalue weighted by Gasteiger charge is -2.06. The molecule has 1 aromatic heterocycles. The molecule has 19 heavy (non-hydrogen) atoms. The normalized spacial score (nSPS) is 10.1. The summed E-state index contributed by atoms with van der Waals surface area (Å²) in [7, 11) is 0. The van der Waals surface area contributed by atoms with Crippen LogP contribution in [0, 0.1) is 11.3 Å². The number of fused-ring (bicyclic) bond motifs is 1. The lowest BCUT2D eigenvalue weighted by Crippen LogP contribution is -2.24. The predicted molar refractivity (Wildman–Crippen MR) is 73.5 cm³/mol. The van der Waals surface area contributed by atoms with E-state index in [-0.39, 0.29) is 5.91 Å². The molecule has 2 aromatic rings. The number of amides is 1. The minimum Gasteiger partial charge on any atom is -0.352 e. The molecule has 0 atom stereocenters. The van der Waals surface area contributed by atoms with Gasteiger partial charge in [0.15, 0.2) is 0 Å². The zero-order valence-electron chi connectivity index (χ0n) is 10.6. The van der Waals surface area contributed by atoms with Crippen molar-refractivity contribution in [2.75, 3.05) is 6.54 Å². The molecule has 2 rings (SSSR count). The van der Waals surface area contributed by atoms with Crippen molar-refractivity contribution in [2.24, 2.45) is 0 Å². The molecule has 1 N–H and O–H groups in total. The second kappa shape index (κ2) is 6.50. The Morgan fingerprint density at radius 2 is 2.11 bits per heavy atom. The summed E-state index contributed by atoms with van der Waals surface area (Å²) in [6, 6.07) is 11.4. The van der Waals surface area contributed by atoms with Gasteiger partial charge in [0.25, 0.3) is 5.91 Å². The highest BCUT2D eigenvalue weighted by Crippen LogP contribution is 2.15.